The molecule has 4 nitrogen and oxygen atoms in total. The highest BCUT2D eigenvalue weighted by molar-refractivity contribution is 14.0. The normalized spacial score (nSPS) is 21.1. The molecule has 0 amide bonds. The number of aliphatic imine (C=N–C) groups is 1. The number of nitrogens with one attached hydrogen (secondary N) is 2. The zero-order valence-electron chi connectivity index (χ0n) is 13.5. The molecule has 6 heteroatoms. The molecule has 1 aromatic rings. The fourth-order valence-corrected chi connectivity index (χ4v) is 3.74. The number of ether oxygens (including phenoxy) is 1. The maximum Gasteiger partial charge on any atom is 0.191 e. The molecule has 0 aromatic heterocycles. The summed E-state index contributed by atoms with van der Waals surface area (Å²) < 4.78 is 5.70. The van der Waals surface area contributed by atoms with Gasteiger partial charge in [-0.15, -0.1) is 24.0 Å². The Hall–Kier alpha value is -0.630. The van der Waals surface area contributed by atoms with Crippen LogP contribution in [0.5, 0.6) is 5.75 Å². The van der Waals surface area contributed by atoms with Gasteiger partial charge in [0.25, 0.3) is 0 Å². The van der Waals surface area contributed by atoms with Crippen molar-refractivity contribution >= 4 is 41.7 Å². The van der Waals surface area contributed by atoms with Crippen LogP contribution in [-0.2, 0) is 6.54 Å². The van der Waals surface area contributed by atoms with E-state index in [1.807, 2.05) is 25.2 Å². The van der Waals surface area contributed by atoms with E-state index in [2.05, 4.69) is 40.4 Å². The van der Waals surface area contributed by atoms with Gasteiger partial charge in [-0.1, -0.05) is 18.2 Å². The van der Waals surface area contributed by atoms with Gasteiger partial charge in [0.15, 0.2) is 5.96 Å². The van der Waals surface area contributed by atoms with Crippen LogP contribution in [0.2, 0.25) is 0 Å². The Labute approximate surface area is 154 Å². The summed E-state index contributed by atoms with van der Waals surface area (Å²) in [6.45, 7) is 3.97. The van der Waals surface area contributed by atoms with Gasteiger partial charge in [0.1, 0.15) is 5.75 Å². The van der Waals surface area contributed by atoms with E-state index in [-0.39, 0.29) is 24.0 Å². The van der Waals surface area contributed by atoms with Crippen LogP contribution in [0.1, 0.15) is 25.3 Å². The van der Waals surface area contributed by atoms with E-state index in [0.717, 1.165) is 23.8 Å². The van der Waals surface area contributed by atoms with Crippen LogP contribution in [0, 0.1) is 0 Å². The SMILES string of the molecule is CN=C(NCc1ccccc1OC)NCC1(C)CCCS1.I. The van der Waals surface area contributed by atoms with Crippen LogP contribution in [0.25, 0.3) is 0 Å². The van der Waals surface area contributed by atoms with Gasteiger partial charge in [-0.3, -0.25) is 4.99 Å². The Kier molecular flexibility index (Phi) is 8.38. The van der Waals surface area contributed by atoms with E-state index >= 15 is 0 Å². The Bertz CT molecular complexity index is 490. The van der Waals surface area contributed by atoms with Gasteiger partial charge in [-0.25, -0.2) is 0 Å². The molecular weight excluding hydrogens is 409 g/mol. The van der Waals surface area contributed by atoms with Crippen molar-refractivity contribution < 1.29 is 4.74 Å². The number of hydrogen-bond acceptors (Lipinski definition) is 3. The molecule has 1 unspecified atom stereocenters. The molecule has 124 valence electrons. The second-order valence-corrected chi connectivity index (χ2v) is 7.18. The fourth-order valence-electron chi connectivity index (χ4n) is 2.50. The van der Waals surface area contributed by atoms with Crippen molar-refractivity contribution in [3.8, 4) is 5.75 Å². The summed E-state index contributed by atoms with van der Waals surface area (Å²) in [4.78, 5) is 4.30. The third-order valence-electron chi connectivity index (χ3n) is 3.79. The zero-order chi connectivity index (χ0) is 15.1. The van der Waals surface area contributed by atoms with Crippen molar-refractivity contribution in [2.75, 3.05) is 26.5 Å². The van der Waals surface area contributed by atoms with Gasteiger partial charge in [0.05, 0.1) is 7.11 Å². The lowest BCUT2D eigenvalue weighted by Gasteiger charge is -2.24. The van der Waals surface area contributed by atoms with Crippen molar-refractivity contribution in [3.63, 3.8) is 0 Å². The molecule has 0 spiro atoms. The molecule has 22 heavy (non-hydrogen) atoms. The van der Waals surface area contributed by atoms with E-state index in [9.17, 15) is 0 Å². The second-order valence-electron chi connectivity index (χ2n) is 5.49. The number of guanidine groups is 1. The van der Waals surface area contributed by atoms with E-state index in [0.29, 0.717) is 11.3 Å². The standard InChI is InChI=1S/C16H25N3OS.HI/c1-16(9-6-10-21-16)12-19-15(17-2)18-11-13-7-4-5-8-14(13)20-3;/h4-5,7-8H,6,9-12H2,1-3H3,(H2,17,18,19);1H. The predicted octanol–water partition coefficient (Wildman–Crippen LogP) is 3.26. The fraction of sp³-hybridized carbons (Fsp3) is 0.562. The molecule has 1 aliphatic heterocycles. The van der Waals surface area contributed by atoms with Gasteiger partial charge in [0, 0.05) is 30.4 Å². The van der Waals surface area contributed by atoms with Gasteiger partial charge in [-0.2, -0.15) is 11.8 Å². The Morgan fingerprint density at radius 3 is 2.77 bits per heavy atom. The molecule has 2 rings (SSSR count). The van der Waals surface area contributed by atoms with Crippen molar-refractivity contribution in [1.29, 1.82) is 0 Å². The number of rotatable bonds is 5. The van der Waals surface area contributed by atoms with Crippen LogP contribution in [0.3, 0.4) is 0 Å². The summed E-state index contributed by atoms with van der Waals surface area (Å²) in [6, 6.07) is 8.04. The summed E-state index contributed by atoms with van der Waals surface area (Å²) >= 11 is 2.05. The molecule has 0 saturated carbocycles. The van der Waals surface area contributed by atoms with Crippen LogP contribution >= 0.6 is 35.7 Å². The number of benzene rings is 1. The average molecular weight is 435 g/mol. The largest absolute Gasteiger partial charge is 0.496 e. The maximum atomic E-state index is 5.36. The molecule has 1 fully saturated rings. The summed E-state index contributed by atoms with van der Waals surface area (Å²) in [7, 11) is 3.51. The molecule has 1 heterocycles. The second kappa shape index (κ2) is 9.50. The Morgan fingerprint density at radius 2 is 2.14 bits per heavy atom. The molecule has 1 saturated heterocycles. The molecule has 0 radical (unpaired) electrons. The smallest absolute Gasteiger partial charge is 0.191 e. The Morgan fingerprint density at radius 1 is 1.36 bits per heavy atom. The molecule has 2 N–H and O–H groups in total. The third-order valence-corrected chi connectivity index (χ3v) is 5.33. The molecule has 1 atom stereocenters. The first kappa shape index (κ1) is 19.4. The predicted molar refractivity (Wildman–Crippen MR) is 107 cm³/mol. The highest BCUT2D eigenvalue weighted by Gasteiger charge is 2.29. The number of methoxy groups -OCH3 is 1. The highest BCUT2D eigenvalue weighted by Crippen LogP contribution is 2.36. The number of halogens is 1. The van der Waals surface area contributed by atoms with Crippen LogP contribution in [0.15, 0.2) is 29.3 Å². The topological polar surface area (TPSA) is 45.7 Å². The Balaban J connectivity index is 0.00000242. The first-order chi connectivity index (χ1) is 10.2. The van der Waals surface area contributed by atoms with E-state index < -0.39 is 0 Å². The lowest BCUT2D eigenvalue weighted by atomic mass is 10.1. The number of para-hydroxylation sites is 1. The lowest BCUT2D eigenvalue weighted by molar-refractivity contribution is 0.409. The first-order valence-electron chi connectivity index (χ1n) is 7.37. The van der Waals surface area contributed by atoms with Crippen LogP contribution in [-0.4, -0.2) is 37.2 Å². The first-order valence-corrected chi connectivity index (χ1v) is 8.36. The quantitative estimate of drug-likeness (QED) is 0.424. The molecule has 0 bridgehead atoms. The van der Waals surface area contributed by atoms with Gasteiger partial charge in [0.2, 0.25) is 0 Å². The lowest BCUT2D eigenvalue weighted by Crippen LogP contribution is -2.43. The van der Waals surface area contributed by atoms with Gasteiger partial charge in [-0.05, 0) is 31.6 Å². The van der Waals surface area contributed by atoms with Crippen molar-refractivity contribution in [2.45, 2.75) is 31.1 Å². The molecule has 1 aromatic carbocycles. The van der Waals surface area contributed by atoms with Gasteiger partial charge < -0.3 is 15.4 Å². The summed E-state index contributed by atoms with van der Waals surface area (Å²) in [5.74, 6) is 3.01. The third kappa shape index (κ3) is 5.53. The highest BCUT2D eigenvalue weighted by atomic mass is 127. The average Bonchev–Trinajstić information content (AvgIpc) is 2.95. The minimum Gasteiger partial charge on any atom is -0.496 e. The van der Waals surface area contributed by atoms with E-state index in [1.165, 1.54) is 18.6 Å². The molecular formula is C16H26IN3OS. The summed E-state index contributed by atoms with van der Waals surface area (Å²) in [5.41, 5.74) is 1.13. The molecule has 1 aliphatic rings. The van der Waals surface area contributed by atoms with Gasteiger partial charge >= 0.3 is 0 Å². The zero-order valence-corrected chi connectivity index (χ0v) is 16.7. The molecule has 0 aliphatic carbocycles. The minimum absolute atomic E-state index is 0. The van der Waals surface area contributed by atoms with Crippen molar-refractivity contribution in [3.05, 3.63) is 29.8 Å². The van der Waals surface area contributed by atoms with E-state index in [1.54, 1.807) is 7.11 Å². The maximum absolute atomic E-state index is 5.36. The van der Waals surface area contributed by atoms with Crippen molar-refractivity contribution in [1.82, 2.24) is 10.6 Å². The summed E-state index contributed by atoms with van der Waals surface area (Å²) in [6.07, 6.45) is 2.59. The minimum atomic E-state index is 0. The monoisotopic (exact) mass is 435 g/mol. The number of hydrogen-bond donors (Lipinski definition) is 2. The van der Waals surface area contributed by atoms with Crippen LogP contribution in [0.4, 0.5) is 0 Å². The van der Waals surface area contributed by atoms with E-state index in [4.69, 9.17) is 4.74 Å². The number of thioether (sulfide) groups is 1. The number of nitrogens with zero attached hydrogens (tertiary/aromatic N) is 1. The van der Waals surface area contributed by atoms with Crippen molar-refractivity contribution in [2.24, 2.45) is 4.99 Å². The van der Waals surface area contributed by atoms with Crippen LogP contribution < -0.4 is 15.4 Å². The summed E-state index contributed by atoms with van der Waals surface area (Å²) in [5, 5.41) is 6.79.